The maximum atomic E-state index is 6.15. The highest BCUT2D eigenvalue weighted by Crippen LogP contribution is 2.26. The van der Waals surface area contributed by atoms with Crippen molar-refractivity contribution in [3.8, 4) is 0 Å². The fourth-order valence-electron chi connectivity index (χ4n) is 1.93. The summed E-state index contributed by atoms with van der Waals surface area (Å²) in [5, 5.41) is 1.07. The fourth-order valence-corrected chi connectivity index (χ4v) is 2.45. The second-order valence-electron chi connectivity index (χ2n) is 4.29. The fraction of sp³-hybridized carbons (Fsp3) is 0.214. The van der Waals surface area contributed by atoms with E-state index in [1.165, 1.54) is 5.56 Å². The normalized spacial score (nSPS) is 10.5. The first-order valence-corrected chi connectivity index (χ1v) is 6.66. The first kappa shape index (κ1) is 14.1. The molecule has 19 heavy (non-hydrogen) atoms. The predicted octanol–water partition coefficient (Wildman–Crippen LogP) is 3.48. The molecule has 100 valence electrons. The number of anilines is 1. The van der Waals surface area contributed by atoms with Crippen LogP contribution in [0.4, 0.5) is 5.82 Å². The lowest BCUT2D eigenvalue weighted by atomic mass is 10.1. The molecule has 0 spiro atoms. The quantitative estimate of drug-likeness (QED) is 0.939. The maximum Gasteiger partial charge on any atom is 0.147 e. The summed E-state index contributed by atoms with van der Waals surface area (Å²) in [5.74, 6) is 0.706. The lowest BCUT2D eigenvalue weighted by molar-refractivity contribution is 0.876. The van der Waals surface area contributed by atoms with E-state index in [9.17, 15) is 0 Å². The molecule has 0 fully saturated rings. The van der Waals surface area contributed by atoms with Gasteiger partial charge in [0.1, 0.15) is 5.82 Å². The molecule has 0 atom stereocenters. The van der Waals surface area contributed by atoms with Gasteiger partial charge < -0.3 is 10.6 Å². The van der Waals surface area contributed by atoms with Crippen LogP contribution in [0, 0.1) is 0 Å². The van der Waals surface area contributed by atoms with Crippen molar-refractivity contribution < 1.29 is 0 Å². The molecule has 0 aliphatic carbocycles. The Kier molecular flexibility index (Phi) is 4.64. The van der Waals surface area contributed by atoms with Crippen LogP contribution < -0.4 is 10.6 Å². The molecule has 0 aliphatic heterocycles. The van der Waals surface area contributed by atoms with E-state index in [1.807, 2.05) is 30.1 Å². The Morgan fingerprint density at radius 2 is 1.89 bits per heavy atom. The molecule has 1 heterocycles. The van der Waals surface area contributed by atoms with Crippen molar-refractivity contribution in [1.82, 2.24) is 4.98 Å². The molecule has 0 aliphatic rings. The van der Waals surface area contributed by atoms with Gasteiger partial charge in [-0.15, -0.1) is 0 Å². The van der Waals surface area contributed by atoms with Crippen LogP contribution in [0.5, 0.6) is 0 Å². The van der Waals surface area contributed by atoms with Gasteiger partial charge in [-0.25, -0.2) is 4.98 Å². The third-order valence-corrected chi connectivity index (χ3v) is 3.38. The smallest absolute Gasteiger partial charge is 0.147 e. The summed E-state index contributed by atoms with van der Waals surface area (Å²) in [5.41, 5.74) is 8.03. The molecular formula is C14H15Cl2N3. The zero-order valence-corrected chi connectivity index (χ0v) is 12.1. The second-order valence-corrected chi connectivity index (χ2v) is 5.13. The van der Waals surface area contributed by atoms with Gasteiger partial charge in [-0.1, -0.05) is 47.5 Å². The van der Waals surface area contributed by atoms with Gasteiger partial charge >= 0.3 is 0 Å². The molecule has 1 aromatic carbocycles. The van der Waals surface area contributed by atoms with E-state index in [4.69, 9.17) is 28.9 Å². The number of hydrogen-bond donors (Lipinski definition) is 1. The molecule has 0 amide bonds. The van der Waals surface area contributed by atoms with Crippen LogP contribution in [0.3, 0.4) is 0 Å². The molecule has 0 saturated heterocycles. The average molecular weight is 296 g/mol. The Hall–Kier alpha value is -1.29. The van der Waals surface area contributed by atoms with Crippen molar-refractivity contribution in [2.45, 2.75) is 13.1 Å². The van der Waals surface area contributed by atoms with E-state index >= 15 is 0 Å². The maximum absolute atomic E-state index is 6.15. The third kappa shape index (κ3) is 3.38. The minimum absolute atomic E-state index is 0.520. The van der Waals surface area contributed by atoms with Gasteiger partial charge in [-0.05, 0) is 17.2 Å². The molecular weight excluding hydrogens is 281 g/mol. The van der Waals surface area contributed by atoms with Crippen LogP contribution in [-0.2, 0) is 13.1 Å². The Labute approximate surface area is 123 Å². The highest BCUT2D eigenvalue weighted by Gasteiger charge is 2.10. The Morgan fingerprint density at radius 3 is 2.53 bits per heavy atom. The van der Waals surface area contributed by atoms with E-state index in [1.54, 1.807) is 12.3 Å². The summed E-state index contributed by atoms with van der Waals surface area (Å²) in [6, 6.07) is 9.76. The number of hydrogen-bond acceptors (Lipinski definition) is 3. The van der Waals surface area contributed by atoms with Crippen LogP contribution in [0.15, 0.2) is 36.5 Å². The number of benzene rings is 1. The first-order valence-electron chi connectivity index (χ1n) is 5.91. The number of pyridine rings is 1. The lowest BCUT2D eigenvalue weighted by Gasteiger charge is -2.21. The summed E-state index contributed by atoms with van der Waals surface area (Å²) in [7, 11) is 1.94. The van der Waals surface area contributed by atoms with E-state index in [0.717, 1.165) is 5.56 Å². The standard InChI is InChI=1S/C14H15Cl2N3/c1-19(14-13(16)6-12(15)8-18-14)9-11-5-3-2-4-10(11)7-17/h2-6,8H,7,9,17H2,1H3. The van der Waals surface area contributed by atoms with Gasteiger partial charge in [0, 0.05) is 26.3 Å². The lowest BCUT2D eigenvalue weighted by Crippen LogP contribution is -2.19. The van der Waals surface area contributed by atoms with Crippen molar-refractivity contribution in [3.05, 3.63) is 57.7 Å². The zero-order chi connectivity index (χ0) is 13.8. The third-order valence-electron chi connectivity index (χ3n) is 2.90. The van der Waals surface area contributed by atoms with Gasteiger partial charge in [0.25, 0.3) is 0 Å². The van der Waals surface area contributed by atoms with Crippen molar-refractivity contribution >= 4 is 29.0 Å². The van der Waals surface area contributed by atoms with Gasteiger partial charge in [0.15, 0.2) is 0 Å². The first-order chi connectivity index (χ1) is 9.11. The number of nitrogens with two attached hydrogens (primary N) is 1. The van der Waals surface area contributed by atoms with Gasteiger partial charge in [-0.2, -0.15) is 0 Å². The topological polar surface area (TPSA) is 42.1 Å². The molecule has 0 unspecified atom stereocenters. The van der Waals surface area contributed by atoms with Crippen LogP contribution in [0.25, 0.3) is 0 Å². The number of nitrogens with zero attached hydrogens (tertiary/aromatic N) is 2. The van der Waals surface area contributed by atoms with Crippen LogP contribution >= 0.6 is 23.2 Å². The zero-order valence-electron chi connectivity index (χ0n) is 10.6. The molecule has 0 saturated carbocycles. The van der Waals surface area contributed by atoms with Crippen molar-refractivity contribution in [1.29, 1.82) is 0 Å². The second kappa shape index (κ2) is 6.24. The van der Waals surface area contributed by atoms with E-state index in [-0.39, 0.29) is 0 Å². The summed E-state index contributed by atoms with van der Waals surface area (Å²) in [6.45, 7) is 1.22. The monoisotopic (exact) mass is 295 g/mol. The number of halogens is 2. The summed E-state index contributed by atoms with van der Waals surface area (Å²) in [4.78, 5) is 6.24. The highest BCUT2D eigenvalue weighted by atomic mass is 35.5. The minimum atomic E-state index is 0.520. The molecule has 0 bridgehead atoms. The molecule has 0 radical (unpaired) electrons. The van der Waals surface area contributed by atoms with Crippen molar-refractivity contribution in [2.75, 3.05) is 11.9 Å². The molecule has 2 aromatic rings. The van der Waals surface area contributed by atoms with Gasteiger partial charge in [0.05, 0.1) is 10.0 Å². The minimum Gasteiger partial charge on any atom is -0.354 e. The largest absolute Gasteiger partial charge is 0.354 e. The predicted molar refractivity (Wildman–Crippen MR) is 80.7 cm³/mol. The Balaban J connectivity index is 2.23. The van der Waals surface area contributed by atoms with Gasteiger partial charge in [-0.3, -0.25) is 0 Å². The molecule has 3 nitrogen and oxygen atoms in total. The van der Waals surface area contributed by atoms with E-state index < -0.39 is 0 Å². The Morgan fingerprint density at radius 1 is 1.21 bits per heavy atom. The average Bonchev–Trinajstić information content (AvgIpc) is 2.39. The molecule has 1 aromatic heterocycles. The summed E-state index contributed by atoms with van der Waals surface area (Å²) >= 11 is 12.0. The van der Waals surface area contributed by atoms with E-state index in [0.29, 0.717) is 29.0 Å². The van der Waals surface area contributed by atoms with Crippen LogP contribution in [0.1, 0.15) is 11.1 Å². The molecule has 2 rings (SSSR count). The Bertz CT molecular complexity index is 572. The van der Waals surface area contributed by atoms with Crippen LogP contribution in [0.2, 0.25) is 10.0 Å². The van der Waals surface area contributed by atoms with Crippen molar-refractivity contribution in [2.24, 2.45) is 5.73 Å². The van der Waals surface area contributed by atoms with Gasteiger partial charge in [0.2, 0.25) is 0 Å². The number of rotatable bonds is 4. The summed E-state index contributed by atoms with van der Waals surface area (Å²) in [6.07, 6.45) is 1.59. The SMILES string of the molecule is CN(Cc1ccccc1CN)c1ncc(Cl)cc1Cl. The number of aromatic nitrogens is 1. The van der Waals surface area contributed by atoms with Crippen molar-refractivity contribution in [3.63, 3.8) is 0 Å². The highest BCUT2D eigenvalue weighted by molar-refractivity contribution is 6.35. The molecule has 5 heteroatoms. The summed E-state index contributed by atoms with van der Waals surface area (Å²) < 4.78 is 0. The van der Waals surface area contributed by atoms with E-state index in [2.05, 4.69) is 11.1 Å². The molecule has 2 N–H and O–H groups in total. The van der Waals surface area contributed by atoms with Crippen LogP contribution in [-0.4, -0.2) is 12.0 Å².